The van der Waals surface area contributed by atoms with Crippen LogP contribution in [0.5, 0.6) is 17.2 Å². The number of ether oxygens (including phenoxy) is 3. The fourth-order valence-corrected chi connectivity index (χ4v) is 10.1. The van der Waals surface area contributed by atoms with Crippen molar-refractivity contribution in [2.75, 3.05) is 99.8 Å². The molecule has 5 heterocycles. The summed E-state index contributed by atoms with van der Waals surface area (Å²) in [7, 11) is 0.921. The number of amides is 3. The quantitative estimate of drug-likeness (QED) is 0.110. The lowest BCUT2D eigenvalue weighted by Crippen LogP contribution is -2.53. The van der Waals surface area contributed by atoms with E-state index in [4.69, 9.17) is 25.8 Å². The number of sulfonamides is 1. The van der Waals surface area contributed by atoms with Gasteiger partial charge in [0.15, 0.2) is 5.82 Å². The number of nitrogens with one attached hydrogen (secondary N) is 3. The van der Waals surface area contributed by atoms with Crippen molar-refractivity contribution in [2.24, 2.45) is 0 Å². The lowest BCUT2D eigenvalue weighted by Gasteiger charge is -2.43. The van der Waals surface area contributed by atoms with Crippen molar-refractivity contribution in [3.63, 3.8) is 0 Å². The van der Waals surface area contributed by atoms with Crippen LogP contribution in [0.3, 0.4) is 0 Å². The third-order valence-electron chi connectivity index (χ3n) is 13.4. The molecule has 3 amide bonds. The second kappa shape index (κ2) is 20.7. The van der Waals surface area contributed by atoms with Crippen LogP contribution in [0, 0.1) is 0 Å². The van der Waals surface area contributed by atoms with Gasteiger partial charge < -0.3 is 34.6 Å². The molecule has 0 radical (unpaired) electrons. The average Bonchev–Trinajstić information content (AvgIpc) is 3.67. The van der Waals surface area contributed by atoms with E-state index in [9.17, 15) is 36.0 Å². The van der Waals surface area contributed by atoms with Crippen molar-refractivity contribution in [1.29, 1.82) is 0 Å². The molecule has 3 N–H and O–H groups in total. The molecule has 0 spiro atoms. The maximum Gasteiger partial charge on any atom is 0.416 e. The van der Waals surface area contributed by atoms with Gasteiger partial charge in [0, 0.05) is 94.3 Å². The van der Waals surface area contributed by atoms with Gasteiger partial charge in [0.05, 0.1) is 55.8 Å². The number of benzene rings is 3. The average molecular weight is 1010 g/mol. The van der Waals surface area contributed by atoms with Crippen LogP contribution in [0.4, 0.5) is 47.7 Å². The molecule has 70 heavy (non-hydrogen) atoms. The Labute approximate surface area is 409 Å². The Bertz CT molecular complexity index is 2750. The molecule has 4 aliphatic rings. The van der Waals surface area contributed by atoms with Crippen molar-refractivity contribution >= 4 is 73.9 Å². The molecule has 0 bridgehead atoms. The molecule has 18 nitrogen and oxygen atoms in total. The molecule has 0 saturated carbocycles. The first kappa shape index (κ1) is 50.3. The van der Waals surface area contributed by atoms with Gasteiger partial charge in [0.25, 0.3) is 5.91 Å². The van der Waals surface area contributed by atoms with E-state index in [1.54, 1.807) is 25.3 Å². The van der Waals surface area contributed by atoms with E-state index < -0.39 is 45.5 Å². The highest BCUT2D eigenvalue weighted by atomic mass is 35.5. The summed E-state index contributed by atoms with van der Waals surface area (Å²) in [4.78, 5) is 55.0. The van der Waals surface area contributed by atoms with E-state index in [-0.39, 0.29) is 54.1 Å². The zero-order valence-corrected chi connectivity index (χ0v) is 41.1. The number of carbonyl (C=O) groups is 3. The number of rotatable bonds is 16. The maximum absolute atomic E-state index is 14.0. The number of nitrogens with zero attached hydrogens (tertiary/aromatic N) is 7. The van der Waals surface area contributed by atoms with Gasteiger partial charge in [-0.05, 0) is 61.6 Å². The SMILES string of the molecule is CCc1cc(Nc2ncc(Cl)c(Nc3ccc(OC)cc3N(C)S(C)(=O)=O)n2)c(OC)cc1N1CCC(N2CCN(CCOc3cc(C(F)(F)F)cc4c3CN(C3CCC(=O)NC3=O)C4=O)CC2)CC1. The number of imide groups is 1. The van der Waals surface area contributed by atoms with E-state index in [1.807, 2.05) is 12.1 Å². The number of halogens is 4. The zero-order chi connectivity index (χ0) is 50.1. The second-order valence-electron chi connectivity index (χ2n) is 17.6. The third kappa shape index (κ3) is 10.9. The second-order valence-corrected chi connectivity index (χ2v) is 20.1. The molecule has 0 aliphatic carbocycles. The maximum atomic E-state index is 14.0. The molecule has 3 saturated heterocycles. The number of hydrogen-bond donors (Lipinski definition) is 3. The van der Waals surface area contributed by atoms with E-state index in [2.05, 4.69) is 47.5 Å². The number of fused-ring (bicyclic) bond motifs is 1. The van der Waals surface area contributed by atoms with Gasteiger partial charge in [-0.25, -0.2) is 13.4 Å². The number of carbonyl (C=O) groups excluding carboxylic acids is 3. The Morgan fingerprint density at radius 1 is 0.929 bits per heavy atom. The van der Waals surface area contributed by atoms with Crippen molar-refractivity contribution in [2.45, 2.75) is 63.8 Å². The van der Waals surface area contributed by atoms with Gasteiger partial charge in [-0.15, -0.1) is 0 Å². The Morgan fingerprint density at radius 3 is 2.33 bits per heavy atom. The van der Waals surface area contributed by atoms with Crippen LogP contribution in [0.25, 0.3) is 0 Å². The smallest absolute Gasteiger partial charge is 0.416 e. The number of methoxy groups -OCH3 is 2. The largest absolute Gasteiger partial charge is 0.497 e. The lowest BCUT2D eigenvalue weighted by molar-refractivity contribution is -0.138. The molecule has 3 aromatic carbocycles. The molecule has 3 fully saturated rings. The first-order valence-electron chi connectivity index (χ1n) is 23.0. The highest BCUT2D eigenvalue weighted by Gasteiger charge is 2.43. The van der Waals surface area contributed by atoms with Crippen molar-refractivity contribution < 1.29 is 50.2 Å². The molecular weight excluding hydrogens is 957 g/mol. The first-order chi connectivity index (χ1) is 33.3. The monoisotopic (exact) mass is 1010 g/mol. The summed E-state index contributed by atoms with van der Waals surface area (Å²) < 4.78 is 85.2. The number of piperidine rings is 2. The Hall–Kier alpha value is -6.10. The van der Waals surface area contributed by atoms with E-state index in [0.29, 0.717) is 46.7 Å². The highest BCUT2D eigenvalue weighted by molar-refractivity contribution is 7.92. The Kier molecular flexibility index (Phi) is 14.9. The third-order valence-corrected chi connectivity index (χ3v) is 14.9. The van der Waals surface area contributed by atoms with Crippen molar-refractivity contribution in [1.82, 2.24) is 30.0 Å². The molecule has 1 atom stereocenters. The van der Waals surface area contributed by atoms with Crippen LogP contribution in [-0.4, -0.2) is 143 Å². The summed E-state index contributed by atoms with van der Waals surface area (Å²) in [6, 6.07) is 10.2. The van der Waals surface area contributed by atoms with Gasteiger partial charge >= 0.3 is 6.18 Å². The van der Waals surface area contributed by atoms with Crippen LogP contribution in [0.15, 0.2) is 48.7 Å². The molecule has 1 aromatic heterocycles. The minimum atomic E-state index is -4.72. The summed E-state index contributed by atoms with van der Waals surface area (Å²) in [5.74, 6) is -0.285. The molecule has 4 aromatic rings. The summed E-state index contributed by atoms with van der Waals surface area (Å²) in [5.41, 5.74) is 2.74. The van der Waals surface area contributed by atoms with E-state index >= 15 is 0 Å². The molecular formula is C47H56ClF3N10O8S. The number of hydrogen-bond acceptors (Lipinski definition) is 15. The molecule has 23 heteroatoms. The highest BCUT2D eigenvalue weighted by Crippen LogP contribution is 2.41. The minimum Gasteiger partial charge on any atom is -0.497 e. The van der Waals surface area contributed by atoms with Gasteiger partial charge in [0.2, 0.25) is 27.8 Å². The van der Waals surface area contributed by atoms with Gasteiger partial charge in [-0.1, -0.05) is 18.5 Å². The summed E-state index contributed by atoms with van der Waals surface area (Å²) in [5, 5.41) is 8.87. The van der Waals surface area contributed by atoms with Gasteiger partial charge in [-0.2, -0.15) is 18.2 Å². The summed E-state index contributed by atoms with van der Waals surface area (Å²) in [6.07, 6.45) is 0.614. The Balaban J connectivity index is 0.857. The normalized spacial score (nSPS) is 18.4. The molecule has 1 unspecified atom stereocenters. The number of aromatic nitrogens is 2. The lowest BCUT2D eigenvalue weighted by atomic mass is 9.99. The van der Waals surface area contributed by atoms with Gasteiger partial charge in [0.1, 0.15) is 34.9 Å². The summed E-state index contributed by atoms with van der Waals surface area (Å²) in [6.45, 7) is 7.45. The topological polar surface area (TPSA) is 191 Å². The zero-order valence-electron chi connectivity index (χ0n) is 39.5. The van der Waals surface area contributed by atoms with E-state index in [0.717, 1.165) is 92.5 Å². The number of anilines is 6. The van der Waals surface area contributed by atoms with E-state index in [1.165, 1.54) is 25.3 Å². The van der Waals surface area contributed by atoms with Crippen molar-refractivity contribution in [3.8, 4) is 17.2 Å². The van der Waals surface area contributed by atoms with Crippen LogP contribution >= 0.6 is 11.6 Å². The van der Waals surface area contributed by atoms with Crippen LogP contribution in [-0.2, 0) is 38.8 Å². The fourth-order valence-electron chi connectivity index (χ4n) is 9.43. The van der Waals surface area contributed by atoms with Crippen LogP contribution in [0.1, 0.15) is 59.7 Å². The predicted molar refractivity (Wildman–Crippen MR) is 258 cm³/mol. The molecule has 8 rings (SSSR count). The number of alkyl halides is 3. The summed E-state index contributed by atoms with van der Waals surface area (Å²) >= 11 is 6.54. The number of aryl methyl sites for hydroxylation is 1. The number of piperazine rings is 1. The van der Waals surface area contributed by atoms with Gasteiger partial charge in [-0.3, -0.25) is 33.8 Å². The molecule has 376 valence electrons. The van der Waals surface area contributed by atoms with Crippen LogP contribution in [0.2, 0.25) is 5.02 Å². The van der Waals surface area contributed by atoms with Crippen LogP contribution < -0.4 is 39.4 Å². The van der Waals surface area contributed by atoms with Crippen molar-refractivity contribution in [3.05, 3.63) is 75.9 Å². The minimum absolute atomic E-state index is 0.0302. The standard InChI is InChI=1S/C47H56ClF3N10O8S/c1-6-28-21-36(54-46-52-26-34(48)43(56-46)53-35-8-7-31(67-3)24-39(35)57(2)70(5,65)66)41(68-4)25-38(28)60-13-11-30(12-14-60)59-17-15-58(16-18-59)19-20-69-40-23-29(47(49,50)51)22-32-33(40)27-61(45(32)64)37-9-10-42(62)55-44(37)63/h7-8,21-26,30,37H,6,9-20,27H2,1-5H3,(H,55,62,63)(H2,52,53,54,56). The fraction of sp³-hybridized carbons (Fsp3) is 0.468. The predicted octanol–water partition coefficient (Wildman–Crippen LogP) is 6.04. The molecule has 4 aliphatic heterocycles. The first-order valence-corrected chi connectivity index (χ1v) is 25.2. The Morgan fingerprint density at radius 2 is 1.67 bits per heavy atom.